The first kappa shape index (κ1) is 25.5. The van der Waals surface area contributed by atoms with Crippen LogP contribution in [0.15, 0.2) is 48.5 Å². The number of unbranched alkanes of at least 4 members (excludes halogenated alkanes) is 1. The monoisotopic (exact) mass is 485 g/mol. The van der Waals surface area contributed by atoms with E-state index in [9.17, 15) is 13.2 Å². The predicted molar refractivity (Wildman–Crippen MR) is 131 cm³/mol. The fourth-order valence-electron chi connectivity index (χ4n) is 3.57. The Hall–Kier alpha value is -3.15. The van der Waals surface area contributed by atoms with Gasteiger partial charge in [-0.05, 0) is 42.4 Å². The summed E-state index contributed by atoms with van der Waals surface area (Å²) in [6, 6.07) is 14.8. The average molecular weight is 486 g/mol. The van der Waals surface area contributed by atoms with Crippen molar-refractivity contribution in [3.63, 3.8) is 0 Å². The lowest BCUT2D eigenvalue weighted by Gasteiger charge is -2.20. The Bertz CT molecular complexity index is 1160. The third kappa shape index (κ3) is 7.17. The topological polar surface area (TPSA) is 133 Å². The second-order valence-electron chi connectivity index (χ2n) is 8.33. The van der Waals surface area contributed by atoms with Crippen LogP contribution in [0.25, 0.3) is 22.5 Å². The Morgan fingerprint density at radius 3 is 2.41 bits per heavy atom. The summed E-state index contributed by atoms with van der Waals surface area (Å²) in [5.41, 5.74) is 3.71. The molecule has 1 heterocycles. The second kappa shape index (κ2) is 11.8. The summed E-state index contributed by atoms with van der Waals surface area (Å²) in [4.78, 5) is 14.3. The van der Waals surface area contributed by atoms with Crippen LogP contribution in [0.5, 0.6) is 0 Å². The van der Waals surface area contributed by atoms with Gasteiger partial charge in [0.2, 0.25) is 21.8 Å². The normalized spacial score (nSPS) is 12.6. The molecule has 0 aliphatic heterocycles. The fourth-order valence-corrected chi connectivity index (χ4v) is 4.98. The first-order valence-electron chi connectivity index (χ1n) is 11.1. The van der Waals surface area contributed by atoms with E-state index >= 15 is 0 Å². The van der Waals surface area contributed by atoms with Gasteiger partial charge in [-0.2, -0.15) is 5.21 Å². The van der Waals surface area contributed by atoms with E-state index in [1.165, 1.54) is 0 Å². The largest absolute Gasteiger partial charge is 0.351 e. The van der Waals surface area contributed by atoms with Crippen molar-refractivity contribution < 1.29 is 13.2 Å². The van der Waals surface area contributed by atoms with Crippen molar-refractivity contribution in [1.82, 2.24) is 35.6 Å². The minimum absolute atomic E-state index is 0.171. The van der Waals surface area contributed by atoms with Crippen molar-refractivity contribution in [1.29, 1.82) is 0 Å². The number of hydrogen-bond donors (Lipinski definition) is 3. The number of aromatic nitrogens is 4. The van der Waals surface area contributed by atoms with Crippen LogP contribution in [0.1, 0.15) is 31.7 Å². The van der Waals surface area contributed by atoms with Gasteiger partial charge in [-0.1, -0.05) is 68.3 Å². The number of tetrazole rings is 1. The van der Waals surface area contributed by atoms with E-state index in [1.807, 2.05) is 55.5 Å². The van der Waals surface area contributed by atoms with E-state index in [0.29, 0.717) is 18.8 Å². The number of amides is 1. The van der Waals surface area contributed by atoms with Crippen LogP contribution in [-0.4, -0.2) is 65.9 Å². The average Bonchev–Trinajstić information content (AvgIpc) is 3.34. The minimum atomic E-state index is -3.60. The summed E-state index contributed by atoms with van der Waals surface area (Å²) in [5, 5.41) is 17.1. The molecule has 0 aliphatic carbocycles. The molecule has 3 N–H and O–H groups in total. The highest BCUT2D eigenvalue weighted by Crippen LogP contribution is 2.29. The summed E-state index contributed by atoms with van der Waals surface area (Å²) in [6.07, 6.45) is 2.06. The maximum atomic E-state index is 12.8. The summed E-state index contributed by atoms with van der Waals surface area (Å²) in [6.45, 7) is 2.30. The highest BCUT2D eigenvalue weighted by atomic mass is 32.2. The first-order valence-corrected chi connectivity index (χ1v) is 12.8. The number of nitrogens with zero attached hydrogens (tertiary/aromatic N) is 4. The fraction of sp³-hybridized carbons (Fsp3) is 0.391. The lowest BCUT2D eigenvalue weighted by Crippen LogP contribution is -2.48. The molecule has 0 fully saturated rings. The standard InChI is InChI=1S/C23H31N7O3S/c1-4-5-10-21(27-34(32,33)16-30(2)3)23(31)24-15-17-11-13-18(14-12-17)19-8-6-7-9-20(19)22-25-28-29-26-22/h6-9,11-14,21,27H,4-5,10,15-16H2,1-3H3,(H,24,31)(H,25,26,28,29). The van der Waals surface area contributed by atoms with Crippen molar-refractivity contribution in [3.05, 3.63) is 54.1 Å². The zero-order chi connectivity index (χ0) is 24.6. The summed E-state index contributed by atoms with van der Waals surface area (Å²) in [5.74, 6) is 0.0134. The molecular formula is C23H31N7O3S. The van der Waals surface area contributed by atoms with Gasteiger partial charge in [-0.25, -0.2) is 13.1 Å². The predicted octanol–water partition coefficient (Wildman–Crippen LogP) is 2.15. The van der Waals surface area contributed by atoms with Crippen LogP contribution in [-0.2, 0) is 21.4 Å². The van der Waals surface area contributed by atoms with Gasteiger partial charge in [-0.15, -0.1) is 10.2 Å². The van der Waals surface area contributed by atoms with Crippen molar-refractivity contribution >= 4 is 15.9 Å². The van der Waals surface area contributed by atoms with Crippen LogP contribution >= 0.6 is 0 Å². The molecule has 2 aromatic carbocycles. The molecule has 0 bridgehead atoms. The molecular weight excluding hydrogens is 454 g/mol. The number of aromatic amines is 1. The second-order valence-corrected chi connectivity index (χ2v) is 10.1. The zero-order valence-electron chi connectivity index (χ0n) is 19.7. The van der Waals surface area contributed by atoms with Gasteiger partial charge in [-0.3, -0.25) is 9.69 Å². The van der Waals surface area contributed by atoms with Crippen LogP contribution in [0, 0.1) is 0 Å². The number of H-pyrrole nitrogens is 1. The molecule has 34 heavy (non-hydrogen) atoms. The number of carbonyl (C=O) groups excluding carboxylic acids is 1. The van der Waals surface area contributed by atoms with Crippen LogP contribution in [0.4, 0.5) is 0 Å². The van der Waals surface area contributed by atoms with E-state index in [2.05, 4.69) is 30.7 Å². The van der Waals surface area contributed by atoms with E-state index < -0.39 is 16.1 Å². The van der Waals surface area contributed by atoms with Crippen molar-refractivity contribution in [2.75, 3.05) is 20.0 Å². The number of hydrogen-bond acceptors (Lipinski definition) is 7. The lowest BCUT2D eigenvalue weighted by atomic mass is 9.98. The van der Waals surface area contributed by atoms with E-state index in [-0.39, 0.29) is 11.8 Å². The lowest BCUT2D eigenvalue weighted by molar-refractivity contribution is -0.123. The summed E-state index contributed by atoms with van der Waals surface area (Å²) in [7, 11) is -0.257. The van der Waals surface area contributed by atoms with E-state index in [4.69, 9.17) is 0 Å². The zero-order valence-corrected chi connectivity index (χ0v) is 20.5. The number of nitrogens with one attached hydrogen (secondary N) is 3. The quantitative estimate of drug-likeness (QED) is 0.358. The Morgan fingerprint density at radius 2 is 1.79 bits per heavy atom. The van der Waals surface area contributed by atoms with E-state index in [0.717, 1.165) is 35.1 Å². The Balaban J connectivity index is 1.67. The van der Waals surface area contributed by atoms with E-state index in [1.54, 1.807) is 19.0 Å². The third-order valence-electron chi connectivity index (χ3n) is 5.16. The molecule has 1 amide bonds. The van der Waals surface area contributed by atoms with Crippen molar-refractivity contribution in [3.8, 4) is 22.5 Å². The maximum absolute atomic E-state index is 12.8. The molecule has 3 aromatic rings. The SMILES string of the molecule is CCCCC(NS(=O)(=O)CN(C)C)C(=O)NCc1ccc(-c2ccccc2-c2nn[nH]n2)cc1. The molecule has 1 unspecified atom stereocenters. The number of sulfonamides is 1. The molecule has 0 aliphatic rings. The molecule has 0 saturated heterocycles. The van der Waals surface area contributed by atoms with Gasteiger partial charge >= 0.3 is 0 Å². The van der Waals surface area contributed by atoms with Crippen LogP contribution in [0.2, 0.25) is 0 Å². The Labute approximate surface area is 200 Å². The van der Waals surface area contributed by atoms with Gasteiger partial charge in [0.1, 0.15) is 11.9 Å². The van der Waals surface area contributed by atoms with Gasteiger partial charge < -0.3 is 5.32 Å². The summed E-state index contributed by atoms with van der Waals surface area (Å²) >= 11 is 0. The highest BCUT2D eigenvalue weighted by Gasteiger charge is 2.24. The number of benzene rings is 2. The van der Waals surface area contributed by atoms with Gasteiger partial charge in [0, 0.05) is 12.1 Å². The van der Waals surface area contributed by atoms with Crippen LogP contribution < -0.4 is 10.0 Å². The van der Waals surface area contributed by atoms with Crippen molar-refractivity contribution in [2.24, 2.45) is 0 Å². The first-order chi connectivity index (χ1) is 16.3. The molecule has 1 atom stereocenters. The molecule has 3 rings (SSSR count). The van der Waals surface area contributed by atoms with Crippen molar-refractivity contribution in [2.45, 2.75) is 38.8 Å². The smallest absolute Gasteiger partial charge is 0.238 e. The molecule has 11 heteroatoms. The Kier molecular flexibility index (Phi) is 8.85. The molecule has 0 saturated carbocycles. The van der Waals surface area contributed by atoms with Gasteiger partial charge in [0.25, 0.3) is 0 Å². The minimum Gasteiger partial charge on any atom is -0.351 e. The molecule has 1 aromatic heterocycles. The maximum Gasteiger partial charge on any atom is 0.238 e. The Morgan fingerprint density at radius 1 is 1.09 bits per heavy atom. The third-order valence-corrected chi connectivity index (χ3v) is 6.66. The molecule has 0 spiro atoms. The summed E-state index contributed by atoms with van der Waals surface area (Å²) < 4.78 is 27.2. The molecule has 10 nitrogen and oxygen atoms in total. The number of rotatable bonds is 12. The number of carbonyl (C=O) groups is 1. The molecule has 0 radical (unpaired) electrons. The molecule has 182 valence electrons. The highest BCUT2D eigenvalue weighted by molar-refractivity contribution is 7.89. The van der Waals surface area contributed by atoms with Gasteiger partial charge in [0.05, 0.1) is 0 Å². The van der Waals surface area contributed by atoms with Crippen LogP contribution in [0.3, 0.4) is 0 Å². The van der Waals surface area contributed by atoms with Gasteiger partial charge in [0.15, 0.2) is 0 Å².